The molecule has 0 radical (unpaired) electrons. The molecule has 4 aliphatic heterocycles. The number of halogens is 6. The number of carbonyl (C=O) groups is 2. The van der Waals surface area contributed by atoms with Crippen LogP contribution in [0.25, 0.3) is 22.8 Å². The van der Waals surface area contributed by atoms with Crippen LogP contribution in [0.2, 0.25) is 0 Å². The maximum absolute atomic E-state index is 13.5. The van der Waals surface area contributed by atoms with E-state index in [2.05, 4.69) is 50.4 Å². The lowest BCUT2D eigenvalue weighted by atomic mass is 10.1. The minimum Gasteiger partial charge on any atom is -0.489 e. The van der Waals surface area contributed by atoms with E-state index >= 15 is 0 Å². The van der Waals surface area contributed by atoms with E-state index in [1.807, 2.05) is 4.90 Å². The Morgan fingerprint density at radius 2 is 1.25 bits per heavy atom. The van der Waals surface area contributed by atoms with Crippen molar-refractivity contribution < 1.29 is 65.8 Å². The molecule has 2 saturated heterocycles. The molecule has 0 saturated carbocycles. The van der Waals surface area contributed by atoms with Gasteiger partial charge in [0.05, 0.1) is 78.3 Å². The highest BCUT2D eigenvalue weighted by Crippen LogP contribution is 2.43. The monoisotopic (exact) mass is 1050 g/mol. The lowest BCUT2D eigenvalue weighted by Crippen LogP contribution is -2.48. The van der Waals surface area contributed by atoms with Crippen molar-refractivity contribution in [1.29, 1.82) is 0 Å². The summed E-state index contributed by atoms with van der Waals surface area (Å²) in [5.41, 5.74) is 0.869. The molecule has 4 amide bonds. The Morgan fingerprint density at radius 1 is 0.680 bits per heavy atom. The molecule has 2 aromatic carbocycles. The van der Waals surface area contributed by atoms with Gasteiger partial charge >= 0.3 is 30.4 Å². The van der Waals surface area contributed by atoms with E-state index in [0.29, 0.717) is 73.5 Å². The molecule has 4 aliphatic rings. The molecule has 21 nitrogen and oxygen atoms in total. The highest BCUT2D eigenvalue weighted by Gasteiger charge is 2.43. The third-order valence-electron chi connectivity index (χ3n) is 12.4. The first-order valence-corrected chi connectivity index (χ1v) is 23.3. The van der Waals surface area contributed by atoms with Crippen molar-refractivity contribution >= 4 is 46.6 Å². The Kier molecular flexibility index (Phi) is 14.8. The summed E-state index contributed by atoms with van der Waals surface area (Å²) in [7, 11) is 0. The third kappa shape index (κ3) is 11.5. The maximum atomic E-state index is 13.5. The van der Waals surface area contributed by atoms with Crippen LogP contribution in [0.3, 0.4) is 0 Å². The molecule has 27 heteroatoms. The standard InChI is InChI=1S/C25H25F3N6O4.C23H22F3N7O4/c1-14-21-23(32-22(30-14)15-3-2-4-16(9-15)25(26,27)28)34(17-7-8-33(21)11-17)24(37)31-20-6-5-19(10-29-20)38-13-18(36)12-35;24-23(25,26)14-3-1-2-13(6-14)19-27-9-18-20(31-19)33(16-4-5-32(18)10-16)22(36)30-15-7-28-21(29-8-15)37-12-17(35)11-34/h2-6,9-10,17-18,35-36H,7-8,11-13H2,1H3,(H,29,31,37);1-3,6-9,16-17,34-35H,4-5,10-12H2,(H,30,36)/t17-,18+;16-,17+/m00/s1. The van der Waals surface area contributed by atoms with Gasteiger partial charge in [-0.15, -0.1) is 0 Å². The zero-order chi connectivity index (χ0) is 53.2. The average Bonchev–Trinajstić information content (AvgIpc) is 4.03. The Balaban J connectivity index is 0.000000184. The molecule has 8 heterocycles. The fourth-order valence-electron chi connectivity index (χ4n) is 8.81. The van der Waals surface area contributed by atoms with Crippen LogP contribution in [0.1, 0.15) is 29.7 Å². The van der Waals surface area contributed by atoms with E-state index in [9.17, 15) is 46.1 Å². The van der Waals surface area contributed by atoms with Gasteiger partial charge in [0.1, 0.15) is 42.7 Å². The number of aliphatic hydroxyl groups excluding tert-OH is 4. The van der Waals surface area contributed by atoms with E-state index in [-0.39, 0.29) is 65.6 Å². The second-order valence-corrected chi connectivity index (χ2v) is 17.7. The van der Waals surface area contributed by atoms with Crippen LogP contribution in [0.5, 0.6) is 11.8 Å². The number of ether oxygens (including phenoxy) is 2. The average molecular weight is 1050 g/mol. The Labute approximate surface area is 422 Å². The predicted molar refractivity (Wildman–Crippen MR) is 257 cm³/mol. The topological polar surface area (TPSA) is 261 Å². The second-order valence-electron chi connectivity index (χ2n) is 17.7. The van der Waals surface area contributed by atoms with Gasteiger partial charge in [0, 0.05) is 37.3 Å². The van der Waals surface area contributed by atoms with Gasteiger partial charge in [0.15, 0.2) is 23.3 Å². The number of aryl methyl sites for hydroxylation is 1. The molecule has 0 aliphatic carbocycles. The molecule has 10 rings (SSSR count). The minimum absolute atomic E-state index is 0.0429. The van der Waals surface area contributed by atoms with Crippen molar-refractivity contribution in [2.45, 2.75) is 56.4 Å². The highest BCUT2D eigenvalue weighted by atomic mass is 19.4. The van der Waals surface area contributed by atoms with Crippen LogP contribution in [0.15, 0.2) is 85.5 Å². The highest BCUT2D eigenvalue weighted by molar-refractivity contribution is 6.05. The summed E-state index contributed by atoms with van der Waals surface area (Å²) in [5, 5.41) is 42.0. The van der Waals surface area contributed by atoms with E-state index < -0.39 is 61.0 Å². The smallest absolute Gasteiger partial charge is 0.416 e. The summed E-state index contributed by atoms with van der Waals surface area (Å²) in [6, 6.07) is 11.2. The molecule has 394 valence electrons. The van der Waals surface area contributed by atoms with E-state index in [0.717, 1.165) is 24.3 Å². The molecule has 4 bridgehead atoms. The van der Waals surface area contributed by atoms with Gasteiger partial charge in [0.25, 0.3) is 0 Å². The Morgan fingerprint density at radius 3 is 1.87 bits per heavy atom. The molecule has 0 spiro atoms. The number of aliphatic hydroxyl groups is 4. The Bertz CT molecular complexity index is 3030. The van der Waals surface area contributed by atoms with E-state index in [1.54, 1.807) is 13.0 Å². The van der Waals surface area contributed by atoms with Crippen LogP contribution < -0.4 is 39.7 Å². The SMILES string of the molecule is Cc1nc(-c2cccc(C(F)(F)F)c2)nc2c1N1CC[C@@H](C1)N2C(=O)Nc1ccc(OC[C@H](O)CO)cn1.O=C(Nc1cnc(OC[C@H](O)CO)nc1)N1c2nc(-c3cccc(C(F)(F)F)c3)ncc2N2CC[C@H]1C2. The fraction of sp³-hybridized carbons (Fsp3) is 0.354. The number of benzene rings is 2. The van der Waals surface area contributed by atoms with Crippen molar-refractivity contribution in [2.75, 3.05) is 82.8 Å². The number of alkyl halides is 6. The minimum atomic E-state index is -4.51. The van der Waals surface area contributed by atoms with Gasteiger partial charge in [-0.2, -0.15) is 26.3 Å². The first-order valence-electron chi connectivity index (χ1n) is 23.3. The number of carbonyl (C=O) groups excluding carboxylic acids is 2. The van der Waals surface area contributed by atoms with Gasteiger partial charge in [-0.3, -0.25) is 15.1 Å². The summed E-state index contributed by atoms with van der Waals surface area (Å²) in [6.07, 6.45) is -4.20. The number of nitrogens with zero attached hydrogens (tertiary/aromatic N) is 11. The van der Waals surface area contributed by atoms with Crippen LogP contribution in [0, 0.1) is 6.92 Å². The van der Waals surface area contributed by atoms with Crippen molar-refractivity contribution in [3.63, 3.8) is 0 Å². The molecule has 75 heavy (non-hydrogen) atoms. The molecule has 2 fully saturated rings. The van der Waals surface area contributed by atoms with Crippen molar-refractivity contribution in [2.24, 2.45) is 0 Å². The fourth-order valence-corrected chi connectivity index (χ4v) is 8.81. The van der Waals surface area contributed by atoms with Gasteiger partial charge in [-0.25, -0.2) is 44.5 Å². The molecule has 4 atom stereocenters. The van der Waals surface area contributed by atoms with Crippen LogP contribution in [0.4, 0.5) is 70.4 Å². The van der Waals surface area contributed by atoms with Gasteiger partial charge in [0.2, 0.25) is 0 Å². The second kappa shape index (κ2) is 21.5. The molecular weight excluding hydrogens is 1000 g/mol. The number of amides is 4. The first-order chi connectivity index (χ1) is 35.9. The lowest BCUT2D eigenvalue weighted by Gasteiger charge is -2.36. The summed E-state index contributed by atoms with van der Waals surface area (Å²) in [5.74, 6) is 1.38. The number of aromatic nitrogens is 7. The number of hydrogen-bond acceptors (Lipinski definition) is 17. The zero-order valence-electron chi connectivity index (χ0n) is 39.6. The number of rotatable bonds is 12. The molecule has 6 N–H and O–H groups in total. The van der Waals surface area contributed by atoms with Crippen LogP contribution in [-0.2, 0) is 12.4 Å². The molecule has 0 unspecified atom stereocenters. The number of hydrogen-bond donors (Lipinski definition) is 6. The lowest BCUT2D eigenvalue weighted by molar-refractivity contribution is -0.138. The van der Waals surface area contributed by atoms with E-state index in [1.165, 1.54) is 64.9 Å². The normalized spacial score (nSPS) is 17.3. The molecule has 4 aromatic heterocycles. The number of anilines is 6. The van der Waals surface area contributed by atoms with Gasteiger partial charge < -0.3 is 45.0 Å². The first kappa shape index (κ1) is 51.9. The summed E-state index contributed by atoms with van der Waals surface area (Å²) in [4.78, 5) is 63.9. The van der Waals surface area contributed by atoms with Crippen molar-refractivity contribution in [3.05, 3.63) is 102 Å². The number of nitrogens with one attached hydrogen (secondary N) is 2. The molecule has 6 aromatic rings. The predicted octanol–water partition coefficient (Wildman–Crippen LogP) is 5.54. The number of urea groups is 2. The van der Waals surface area contributed by atoms with Crippen molar-refractivity contribution in [3.8, 4) is 34.5 Å². The van der Waals surface area contributed by atoms with Crippen molar-refractivity contribution in [1.82, 2.24) is 34.9 Å². The quantitative estimate of drug-likeness (QED) is 0.0822. The largest absolute Gasteiger partial charge is 0.489 e. The van der Waals surface area contributed by atoms with E-state index in [4.69, 9.17) is 19.7 Å². The van der Waals surface area contributed by atoms with Gasteiger partial charge in [-0.1, -0.05) is 24.3 Å². The maximum Gasteiger partial charge on any atom is 0.416 e. The summed E-state index contributed by atoms with van der Waals surface area (Å²) in [6.45, 7) is 3.07. The van der Waals surface area contributed by atoms with Gasteiger partial charge in [-0.05, 0) is 56.2 Å². The Hall–Kier alpha value is -8.01. The summed E-state index contributed by atoms with van der Waals surface area (Å²) >= 11 is 0. The van der Waals surface area contributed by atoms with Crippen LogP contribution in [-0.4, -0.2) is 144 Å². The zero-order valence-corrected chi connectivity index (χ0v) is 39.6. The summed E-state index contributed by atoms with van der Waals surface area (Å²) < 4.78 is 90.0. The number of pyridine rings is 1. The number of fused-ring (bicyclic) bond motifs is 8. The van der Waals surface area contributed by atoms with Crippen LogP contribution >= 0.6 is 0 Å². The third-order valence-corrected chi connectivity index (χ3v) is 12.4. The molecular formula is C48H47F6N13O8.